The van der Waals surface area contributed by atoms with Crippen LogP contribution in [-0.2, 0) is 11.0 Å². The maximum Gasteiger partial charge on any atom is 0.426 e. The Kier molecular flexibility index (Phi) is 6.14. The second-order valence-corrected chi connectivity index (χ2v) is 7.05. The topological polar surface area (TPSA) is 58.2 Å². The van der Waals surface area contributed by atoms with Crippen LogP contribution in [0.2, 0.25) is 0 Å². The maximum absolute atomic E-state index is 12.9. The van der Waals surface area contributed by atoms with Crippen molar-refractivity contribution < 1.29 is 22.8 Å². The summed E-state index contributed by atoms with van der Waals surface area (Å²) in [4.78, 5) is 22.9. The van der Waals surface area contributed by atoms with Gasteiger partial charge in [0.1, 0.15) is 10.8 Å². The van der Waals surface area contributed by atoms with E-state index in [1.807, 2.05) is 0 Å². The van der Waals surface area contributed by atoms with Crippen molar-refractivity contribution in [3.05, 3.63) is 21.9 Å². The van der Waals surface area contributed by atoms with Crippen molar-refractivity contribution in [3.8, 4) is 0 Å². The van der Waals surface area contributed by atoms with Gasteiger partial charge >= 0.3 is 6.18 Å². The molecule has 0 aliphatic heterocycles. The van der Waals surface area contributed by atoms with Crippen molar-refractivity contribution in [3.63, 3.8) is 0 Å². The zero-order valence-corrected chi connectivity index (χ0v) is 14.4. The van der Waals surface area contributed by atoms with Crippen LogP contribution in [0.1, 0.15) is 47.3 Å². The minimum atomic E-state index is -4.56. The highest BCUT2D eigenvalue weighted by Gasteiger charge is 2.38. The molecule has 1 aliphatic carbocycles. The highest BCUT2D eigenvalue weighted by molar-refractivity contribution is 7.10. The Morgan fingerprint density at radius 1 is 1.25 bits per heavy atom. The molecule has 4 nitrogen and oxygen atoms in total. The van der Waals surface area contributed by atoms with E-state index in [1.54, 1.807) is 0 Å². The third-order valence-electron chi connectivity index (χ3n) is 4.09. The Labute approximate surface area is 146 Å². The van der Waals surface area contributed by atoms with Crippen LogP contribution in [0.3, 0.4) is 0 Å². The van der Waals surface area contributed by atoms with E-state index in [1.165, 1.54) is 5.38 Å². The average molecular weight is 383 g/mol. The van der Waals surface area contributed by atoms with Gasteiger partial charge in [-0.05, 0) is 24.3 Å². The van der Waals surface area contributed by atoms with E-state index < -0.39 is 22.5 Å². The molecule has 1 aromatic heterocycles. The molecule has 1 heterocycles. The molecule has 24 heavy (non-hydrogen) atoms. The van der Waals surface area contributed by atoms with E-state index in [2.05, 4.69) is 10.6 Å². The quantitative estimate of drug-likeness (QED) is 0.765. The first kappa shape index (κ1) is 19.1. The summed E-state index contributed by atoms with van der Waals surface area (Å²) in [6.07, 6.45) is -0.460. The minimum Gasteiger partial charge on any atom is -0.350 e. The Morgan fingerprint density at radius 3 is 2.50 bits per heavy atom. The van der Waals surface area contributed by atoms with Crippen LogP contribution in [0.4, 0.5) is 13.2 Å². The molecule has 0 saturated heterocycles. The van der Waals surface area contributed by atoms with E-state index >= 15 is 0 Å². The predicted molar refractivity (Wildman–Crippen MR) is 86.3 cm³/mol. The minimum absolute atomic E-state index is 0.0849. The van der Waals surface area contributed by atoms with Gasteiger partial charge in [-0.2, -0.15) is 13.2 Å². The smallest absolute Gasteiger partial charge is 0.350 e. The van der Waals surface area contributed by atoms with E-state index in [4.69, 9.17) is 11.6 Å². The molecule has 0 radical (unpaired) electrons. The Bertz CT molecular complexity index is 598. The number of hydrogen-bond donors (Lipinski definition) is 2. The molecule has 134 valence electrons. The van der Waals surface area contributed by atoms with Crippen LogP contribution in [0.25, 0.3) is 0 Å². The number of halogens is 4. The third kappa shape index (κ3) is 4.63. The van der Waals surface area contributed by atoms with Gasteiger partial charge in [-0.3, -0.25) is 9.59 Å². The van der Waals surface area contributed by atoms with Crippen LogP contribution < -0.4 is 10.6 Å². The molecule has 1 aromatic rings. The van der Waals surface area contributed by atoms with Crippen molar-refractivity contribution >= 4 is 34.8 Å². The number of amides is 2. The van der Waals surface area contributed by atoms with Gasteiger partial charge < -0.3 is 10.6 Å². The second kappa shape index (κ2) is 7.74. The molecule has 9 heteroatoms. The largest absolute Gasteiger partial charge is 0.426 e. The van der Waals surface area contributed by atoms with Crippen LogP contribution in [0.5, 0.6) is 0 Å². The lowest BCUT2D eigenvalue weighted by Crippen LogP contribution is -2.57. The third-order valence-corrected chi connectivity index (χ3v) is 5.29. The number of carbonyl (C=O) groups is 2. The summed E-state index contributed by atoms with van der Waals surface area (Å²) in [7, 11) is 0. The zero-order valence-electron chi connectivity index (χ0n) is 12.8. The number of nitrogens with one attached hydrogen (secondary N) is 2. The summed E-state index contributed by atoms with van der Waals surface area (Å²) in [5.41, 5.74) is -1.03. The molecule has 2 N–H and O–H groups in total. The summed E-state index contributed by atoms with van der Waals surface area (Å²) in [5, 5.41) is 6.61. The van der Waals surface area contributed by atoms with E-state index in [0.29, 0.717) is 24.2 Å². The fraction of sp³-hybridized carbons (Fsp3) is 0.600. The first-order valence-electron chi connectivity index (χ1n) is 7.57. The maximum atomic E-state index is 12.9. The molecule has 1 aliphatic rings. The van der Waals surface area contributed by atoms with Crippen LogP contribution in [0.15, 0.2) is 11.4 Å². The molecular weight excluding hydrogens is 365 g/mol. The van der Waals surface area contributed by atoms with Gasteiger partial charge in [0, 0.05) is 6.54 Å². The number of hydrogen-bond acceptors (Lipinski definition) is 3. The van der Waals surface area contributed by atoms with E-state index in [0.717, 1.165) is 25.3 Å². The second-order valence-electron chi connectivity index (χ2n) is 5.87. The molecule has 1 saturated carbocycles. The molecule has 2 rings (SSSR count). The highest BCUT2D eigenvalue weighted by Crippen LogP contribution is 2.36. The van der Waals surface area contributed by atoms with Crippen molar-refractivity contribution in [2.45, 2.75) is 43.8 Å². The molecule has 0 atom stereocenters. The SMILES string of the molecule is O=C(CCl)NC1(CNC(=O)c2ccsc2C(F)(F)F)CCCCC1. The molecule has 2 amide bonds. The lowest BCUT2D eigenvalue weighted by molar-refractivity contribution is -0.134. The predicted octanol–water partition coefficient (Wildman–Crippen LogP) is 3.55. The normalized spacial score (nSPS) is 17.3. The van der Waals surface area contributed by atoms with E-state index in [9.17, 15) is 22.8 Å². The first-order chi connectivity index (χ1) is 11.3. The van der Waals surface area contributed by atoms with Crippen molar-refractivity contribution in [2.24, 2.45) is 0 Å². The summed E-state index contributed by atoms with van der Waals surface area (Å²) < 4.78 is 38.7. The van der Waals surface area contributed by atoms with Crippen LogP contribution in [0, 0.1) is 0 Å². The number of thiophene rings is 1. The van der Waals surface area contributed by atoms with E-state index in [-0.39, 0.29) is 23.9 Å². The van der Waals surface area contributed by atoms with Gasteiger partial charge in [0.15, 0.2) is 0 Å². The van der Waals surface area contributed by atoms with Gasteiger partial charge in [-0.25, -0.2) is 0 Å². The monoisotopic (exact) mass is 382 g/mol. The Hall–Kier alpha value is -1.28. The fourth-order valence-electron chi connectivity index (χ4n) is 2.96. The Balaban J connectivity index is 2.08. The molecule has 1 fully saturated rings. The van der Waals surface area contributed by atoms with Crippen molar-refractivity contribution in [1.82, 2.24) is 10.6 Å². The van der Waals surface area contributed by atoms with Crippen LogP contribution >= 0.6 is 22.9 Å². The van der Waals surface area contributed by atoms with Crippen molar-refractivity contribution in [1.29, 1.82) is 0 Å². The van der Waals surface area contributed by atoms with Gasteiger partial charge in [0.05, 0.1) is 11.1 Å². The standard InChI is InChI=1S/C15H18ClF3N2O2S/c16-8-11(22)21-14(5-2-1-3-6-14)9-20-13(23)10-4-7-24-12(10)15(17,18)19/h4,7H,1-3,5-6,8-9H2,(H,20,23)(H,21,22). The molecule has 0 aromatic carbocycles. The van der Waals surface area contributed by atoms with Gasteiger partial charge in [0.2, 0.25) is 5.91 Å². The molecule has 0 unspecified atom stereocenters. The van der Waals surface area contributed by atoms with Crippen LogP contribution in [-0.4, -0.2) is 29.8 Å². The van der Waals surface area contributed by atoms with Crippen molar-refractivity contribution in [2.75, 3.05) is 12.4 Å². The molecule has 0 bridgehead atoms. The zero-order chi connectivity index (χ0) is 17.8. The summed E-state index contributed by atoms with van der Waals surface area (Å²) in [6.45, 7) is 0.0849. The number of rotatable bonds is 5. The average Bonchev–Trinajstić information content (AvgIpc) is 3.03. The lowest BCUT2D eigenvalue weighted by Gasteiger charge is -2.38. The summed E-state index contributed by atoms with van der Waals surface area (Å²) in [5.74, 6) is -1.33. The van der Waals surface area contributed by atoms with Gasteiger partial charge in [0.25, 0.3) is 5.91 Å². The van der Waals surface area contributed by atoms with Gasteiger partial charge in [-0.15, -0.1) is 22.9 Å². The molecule has 0 spiro atoms. The number of alkyl halides is 4. The highest BCUT2D eigenvalue weighted by atomic mass is 35.5. The van der Waals surface area contributed by atoms with Gasteiger partial charge in [-0.1, -0.05) is 19.3 Å². The summed E-state index contributed by atoms with van der Waals surface area (Å²) >= 11 is 6.01. The fourth-order valence-corrected chi connectivity index (χ4v) is 3.78. The first-order valence-corrected chi connectivity index (χ1v) is 8.99. The Morgan fingerprint density at radius 2 is 1.92 bits per heavy atom. The molecular formula is C15H18ClF3N2O2S. The lowest BCUT2D eigenvalue weighted by atomic mass is 9.81. The number of carbonyl (C=O) groups excluding carboxylic acids is 2. The summed E-state index contributed by atoms with van der Waals surface area (Å²) in [6, 6.07) is 1.16.